The van der Waals surface area contributed by atoms with Crippen LogP contribution in [-0.4, -0.2) is 23.5 Å². The lowest BCUT2D eigenvalue weighted by Gasteiger charge is -2.25. The lowest BCUT2D eigenvalue weighted by molar-refractivity contribution is -0.131. The van der Waals surface area contributed by atoms with E-state index in [4.69, 9.17) is 5.11 Å². The summed E-state index contributed by atoms with van der Waals surface area (Å²) in [6.07, 6.45) is 5.09. The molecule has 18 heavy (non-hydrogen) atoms. The lowest BCUT2D eigenvalue weighted by atomic mass is 9.97. The molecule has 2 heterocycles. The number of hydrogen-bond donors (Lipinski definition) is 1. The first-order valence-corrected chi connectivity index (χ1v) is 6.02. The number of amides is 1. The fraction of sp³-hybridized carbons (Fsp3) is 0.286. The molecule has 0 atom stereocenters. The fourth-order valence-corrected chi connectivity index (χ4v) is 2.77. The van der Waals surface area contributed by atoms with Crippen molar-refractivity contribution in [3.63, 3.8) is 0 Å². The quantitative estimate of drug-likeness (QED) is 0.803. The summed E-state index contributed by atoms with van der Waals surface area (Å²) in [7, 11) is 0. The van der Waals surface area contributed by atoms with Gasteiger partial charge < -0.3 is 10.0 Å². The van der Waals surface area contributed by atoms with Gasteiger partial charge in [-0.15, -0.1) is 0 Å². The van der Waals surface area contributed by atoms with Crippen molar-refractivity contribution in [1.82, 2.24) is 0 Å². The standard InChI is InChI=1S/C14H13NO3/c16-12-8-11-7-9(3-4-13(17)18)6-10-2-1-5-15(12)14(10)11/h3-4,6-7H,1-2,5,8H2,(H,17,18)/b4-3+. The molecule has 0 spiro atoms. The Kier molecular flexibility index (Phi) is 2.44. The third kappa shape index (κ3) is 1.70. The van der Waals surface area contributed by atoms with Gasteiger partial charge in [-0.2, -0.15) is 0 Å². The molecule has 0 bridgehead atoms. The van der Waals surface area contributed by atoms with Gasteiger partial charge in [0.25, 0.3) is 0 Å². The highest BCUT2D eigenvalue weighted by molar-refractivity contribution is 6.03. The number of carbonyl (C=O) groups is 2. The number of hydrogen-bond acceptors (Lipinski definition) is 2. The third-order valence-corrected chi connectivity index (χ3v) is 3.45. The van der Waals surface area contributed by atoms with Crippen LogP contribution >= 0.6 is 0 Å². The second-order valence-corrected chi connectivity index (χ2v) is 4.69. The second-order valence-electron chi connectivity index (χ2n) is 4.69. The van der Waals surface area contributed by atoms with Crippen LogP contribution in [0, 0.1) is 0 Å². The zero-order valence-corrected chi connectivity index (χ0v) is 9.85. The molecule has 0 radical (unpaired) electrons. The van der Waals surface area contributed by atoms with Gasteiger partial charge in [-0.1, -0.05) is 0 Å². The molecule has 0 aromatic heterocycles. The smallest absolute Gasteiger partial charge is 0.328 e. The fourth-order valence-electron chi connectivity index (χ4n) is 2.77. The van der Waals surface area contributed by atoms with Gasteiger partial charge in [-0.05, 0) is 47.7 Å². The van der Waals surface area contributed by atoms with Crippen molar-refractivity contribution >= 4 is 23.6 Å². The molecule has 0 unspecified atom stereocenters. The van der Waals surface area contributed by atoms with E-state index in [1.807, 2.05) is 17.0 Å². The van der Waals surface area contributed by atoms with Crippen LogP contribution in [0.2, 0.25) is 0 Å². The summed E-state index contributed by atoms with van der Waals surface area (Å²) >= 11 is 0. The zero-order chi connectivity index (χ0) is 12.7. The van der Waals surface area contributed by atoms with E-state index in [1.165, 1.54) is 0 Å². The molecule has 4 nitrogen and oxygen atoms in total. The zero-order valence-electron chi connectivity index (χ0n) is 9.85. The van der Waals surface area contributed by atoms with Crippen LogP contribution in [0.5, 0.6) is 0 Å². The lowest BCUT2D eigenvalue weighted by Crippen LogP contribution is -2.31. The molecule has 2 aliphatic heterocycles. The number of aryl methyl sites for hydroxylation is 1. The first kappa shape index (κ1) is 11.0. The van der Waals surface area contributed by atoms with E-state index < -0.39 is 5.97 Å². The van der Waals surface area contributed by atoms with Gasteiger partial charge in [0.1, 0.15) is 0 Å². The molecule has 1 aromatic rings. The van der Waals surface area contributed by atoms with Crippen molar-refractivity contribution in [1.29, 1.82) is 0 Å². The number of aliphatic carboxylic acids is 1. The highest BCUT2D eigenvalue weighted by Crippen LogP contribution is 2.37. The maximum atomic E-state index is 11.8. The second kappa shape index (κ2) is 3.98. The van der Waals surface area contributed by atoms with Crippen LogP contribution in [0.25, 0.3) is 6.08 Å². The van der Waals surface area contributed by atoms with Gasteiger partial charge >= 0.3 is 5.97 Å². The molecule has 0 saturated carbocycles. The molecule has 1 aromatic carbocycles. The third-order valence-electron chi connectivity index (χ3n) is 3.45. The van der Waals surface area contributed by atoms with E-state index in [0.717, 1.165) is 47.8 Å². The Morgan fingerprint density at radius 2 is 2.11 bits per heavy atom. The number of anilines is 1. The topological polar surface area (TPSA) is 57.6 Å². The van der Waals surface area contributed by atoms with Crippen molar-refractivity contribution in [2.75, 3.05) is 11.4 Å². The first-order valence-electron chi connectivity index (χ1n) is 6.02. The van der Waals surface area contributed by atoms with Crippen molar-refractivity contribution in [3.05, 3.63) is 34.9 Å². The minimum Gasteiger partial charge on any atom is -0.478 e. The molecule has 0 saturated heterocycles. The monoisotopic (exact) mass is 243 g/mol. The summed E-state index contributed by atoms with van der Waals surface area (Å²) in [6.45, 7) is 0.809. The van der Waals surface area contributed by atoms with E-state index in [0.29, 0.717) is 6.42 Å². The Labute approximate surface area is 105 Å². The minimum atomic E-state index is -0.957. The SMILES string of the molecule is O=C(O)/C=C/c1cc2c3c(c1)CC(=O)N3CCC2. The molecule has 92 valence electrons. The Bertz CT molecular complexity index is 575. The average molecular weight is 243 g/mol. The number of carboxylic acids is 1. The maximum Gasteiger partial charge on any atom is 0.328 e. The normalized spacial score (nSPS) is 17.3. The molecular weight excluding hydrogens is 230 g/mol. The predicted octanol–water partition coefficient (Wildman–Crippen LogP) is 1.62. The summed E-state index contributed by atoms with van der Waals surface area (Å²) in [5.41, 5.74) is 4.12. The Morgan fingerprint density at radius 3 is 2.89 bits per heavy atom. The largest absolute Gasteiger partial charge is 0.478 e. The van der Waals surface area contributed by atoms with Crippen molar-refractivity contribution in [2.24, 2.45) is 0 Å². The van der Waals surface area contributed by atoms with Crippen LogP contribution in [0.3, 0.4) is 0 Å². The molecule has 0 aliphatic carbocycles. The number of carbonyl (C=O) groups excluding carboxylic acids is 1. The summed E-state index contributed by atoms with van der Waals surface area (Å²) in [6, 6.07) is 3.91. The van der Waals surface area contributed by atoms with Crippen molar-refractivity contribution < 1.29 is 14.7 Å². The highest BCUT2D eigenvalue weighted by atomic mass is 16.4. The van der Waals surface area contributed by atoms with E-state index >= 15 is 0 Å². The van der Waals surface area contributed by atoms with Crippen LogP contribution in [0.1, 0.15) is 23.1 Å². The van der Waals surface area contributed by atoms with Gasteiger partial charge in [0, 0.05) is 12.6 Å². The van der Waals surface area contributed by atoms with E-state index in [1.54, 1.807) is 6.08 Å². The Hall–Kier alpha value is -2.10. The number of rotatable bonds is 2. The molecule has 4 heteroatoms. The van der Waals surface area contributed by atoms with Crippen LogP contribution in [0.15, 0.2) is 18.2 Å². The van der Waals surface area contributed by atoms with E-state index in [2.05, 4.69) is 0 Å². The van der Waals surface area contributed by atoms with E-state index in [-0.39, 0.29) is 5.91 Å². The Morgan fingerprint density at radius 1 is 1.33 bits per heavy atom. The van der Waals surface area contributed by atoms with Crippen molar-refractivity contribution in [2.45, 2.75) is 19.3 Å². The number of benzene rings is 1. The number of nitrogens with zero attached hydrogens (tertiary/aromatic N) is 1. The van der Waals surface area contributed by atoms with Gasteiger partial charge in [-0.3, -0.25) is 4.79 Å². The maximum absolute atomic E-state index is 11.8. The Balaban J connectivity index is 2.06. The molecule has 1 amide bonds. The van der Waals surface area contributed by atoms with Gasteiger partial charge in [-0.25, -0.2) is 4.79 Å². The minimum absolute atomic E-state index is 0.158. The van der Waals surface area contributed by atoms with Crippen LogP contribution < -0.4 is 4.90 Å². The average Bonchev–Trinajstić information content (AvgIpc) is 2.66. The molecule has 0 fully saturated rings. The first-order chi connectivity index (χ1) is 8.65. The summed E-state index contributed by atoms with van der Waals surface area (Å²) < 4.78 is 0. The highest BCUT2D eigenvalue weighted by Gasteiger charge is 2.31. The van der Waals surface area contributed by atoms with Gasteiger partial charge in [0.05, 0.1) is 12.1 Å². The molecular formula is C14H13NO3. The van der Waals surface area contributed by atoms with Gasteiger partial charge in [0.15, 0.2) is 0 Å². The van der Waals surface area contributed by atoms with E-state index in [9.17, 15) is 9.59 Å². The summed E-state index contributed by atoms with van der Waals surface area (Å²) in [4.78, 5) is 24.2. The van der Waals surface area contributed by atoms with Gasteiger partial charge in [0.2, 0.25) is 5.91 Å². The molecule has 1 N–H and O–H groups in total. The number of carboxylic acid groups (broad SMARTS) is 1. The summed E-state index contributed by atoms with van der Waals surface area (Å²) in [5.74, 6) is -0.799. The predicted molar refractivity (Wildman–Crippen MR) is 67.5 cm³/mol. The summed E-state index contributed by atoms with van der Waals surface area (Å²) in [5, 5.41) is 8.64. The molecule has 2 aliphatic rings. The van der Waals surface area contributed by atoms with Crippen LogP contribution in [0.4, 0.5) is 5.69 Å². The van der Waals surface area contributed by atoms with Crippen molar-refractivity contribution in [3.8, 4) is 0 Å². The molecule has 3 rings (SSSR count). The van der Waals surface area contributed by atoms with Crippen LogP contribution in [-0.2, 0) is 22.4 Å².